The van der Waals surface area contributed by atoms with Crippen molar-refractivity contribution >= 4 is 17.5 Å². The van der Waals surface area contributed by atoms with Gasteiger partial charge in [-0.1, -0.05) is 62.6 Å². The summed E-state index contributed by atoms with van der Waals surface area (Å²) in [7, 11) is 0. The van der Waals surface area contributed by atoms with Crippen LogP contribution in [0.25, 0.3) is 0 Å². The number of fused-ring (bicyclic) bond motifs is 1. The smallest absolute Gasteiger partial charge is 0.322 e. The molecule has 2 aliphatic rings. The van der Waals surface area contributed by atoms with Crippen LogP contribution in [0.5, 0.6) is 11.5 Å². The monoisotopic (exact) mass is 447 g/mol. The van der Waals surface area contributed by atoms with Gasteiger partial charge in [-0.15, -0.1) is 0 Å². The first kappa shape index (κ1) is 23.7. The maximum absolute atomic E-state index is 12.0. The standard InChI is InChI=1S/C25H34ClNO4/c1-25(18-11-9-15-20(25)23(28)27-29)17-10-7-5-3-2-4-6-8-13-19-14-12-16-21-22(19)31-24(26)30-21/h7,10-12,14,16,18,20,24,29H,2-6,8-9,13,15,17H2,1H3,(H,27,28)/b10-7+. The molecule has 1 aromatic carbocycles. The number of hydroxylamine groups is 1. The minimum Gasteiger partial charge on any atom is -0.438 e. The zero-order valence-corrected chi connectivity index (χ0v) is 19.1. The first-order chi connectivity index (χ1) is 15.0. The van der Waals surface area contributed by atoms with Crippen molar-refractivity contribution < 1.29 is 19.5 Å². The Kier molecular flexibility index (Phi) is 8.85. The predicted octanol–water partition coefficient (Wildman–Crippen LogP) is 6.29. The van der Waals surface area contributed by atoms with Crippen LogP contribution in [0, 0.1) is 11.3 Å². The summed E-state index contributed by atoms with van der Waals surface area (Å²) in [5.41, 5.74) is 2.78. The van der Waals surface area contributed by atoms with Crippen LogP contribution in [0.3, 0.4) is 0 Å². The molecule has 1 aliphatic carbocycles. The number of aryl methyl sites for hydroxylation is 1. The summed E-state index contributed by atoms with van der Waals surface area (Å²) >= 11 is 5.90. The first-order valence-electron chi connectivity index (χ1n) is 11.4. The van der Waals surface area contributed by atoms with Gasteiger partial charge in [-0.3, -0.25) is 10.0 Å². The number of para-hydroxylation sites is 1. The second-order valence-electron chi connectivity index (χ2n) is 8.75. The second kappa shape index (κ2) is 11.6. The number of alkyl halides is 1. The van der Waals surface area contributed by atoms with E-state index in [4.69, 9.17) is 26.3 Å². The molecule has 3 atom stereocenters. The Bertz CT molecular complexity index is 794. The summed E-state index contributed by atoms with van der Waals surface area (Å²) in [5.74, 6) is 0.379. The van der Waals surface area contributed by atoms with Crippen LogP contribution in [-0.4, -0.2) is 16.9 Å². The molecule has 1 amide bonds. The largest absolute Gasteiger partial charge is 0.438 e. The Morgan fingerprint density at radius 2 is 2.03 bits per heavy atom. The maximum Gasteiger partial charge on any atom is 0.322 e. The van der Waals surface area contributed by atoms with Gasteiger partial charge in [0.15, 0.2) is 11.5 Å². The van der Waals surface area contributed by atoms with Crippen molar-refractivity contribution in [3.63, 3.8) is 0 Å². The van der Waals surface area contributed by atoms with Crippen molar-refractivity contribution in [3.8, 4) is 11.5 Å². The van der Waals surface area contributed by atoms with Crippen LogP contribution >= 0.6 is 11.6 Å². The van der Waals surface area contributed by atoms with E-state index >= 15 is 0 Å². The van der Waals surface area contributed by atoms with Crippen molar-refractivity contribution in [3.05, 3.63) is 48.1 Å². The van der Waals surface area contributed by atoms with Gasteiger partial charge in [0.2, 0.25) is 5.91 Å². The quantitative estimate of drug-likeness (QED) is 0.137. The molecule has 2 N–H and O–H groups in total. The Morgan fingerprint density at radius 3 is 2.87 bits per heavy atom. The molecule has 3 rings (SSSR count). The molecule has 3 unspecified atom stereocenters. The highest BCUT2D eigenvalue weighted by Gasteiger charge is 2.37. The van der Waals surface area contributed by atoms with Gasteiger partial charge in [-0.25, -0.2) is 5.48 Å². The molecule has 170 valence electrons. The van der Waals surface area contributed by atoms with Crippen LogP contribution in [0.4, 0.5) is 0 Å². The van der Waals surface area contributed by atoms with Crippen molar-refractivity contribution in [1.29, 1.82) is 0 Å². The fourth-order valence-electron chi connectivity index (χ4n) is 4.54. The van der Waals surface area contributed by atoms with Crippen molar-refractivity contribution in [2.45, 2.75) is 76.9 Å². The Balaban J connectivity index is 1.29. The number of allylic oxidation sites excluding steroid dienone is 4. The summed E-state index contributed by atoms with van der Waals surface area (Å²) in [6.45, 7) is 2.10. The molecule has 0 saturated carbocycles. The lowest BCUT2D eigenvalue weighted by molar-refractivity contribution is -0.137. The fourth-order valence-corrected chi connectivity index (χ4v) is 4.73. The van der Waals surface area contributed by atoms with Crippen molar-refractivity contribution in [2.24, 2.45) is 11.3 Å². The van der Waals surface area contributed by atoms with E-state index in [9.17, 15) is 4.79 Å². The van der Waals surface area contributed by atoms with E-state index in [0.717, 1.165) is 50.0 Å². The predicted molar refractivity (Wildman–Crippen MR) is 122 cm³/mol. The number of hydrogen-bond donors (Lipinski definition) is 2. The van der Waals surface area contributed by atoms with E-state index in [1.807, 2.05) is 17.6 Å². The van der Waals surface area contributed by atoms with E-state index in [1.165, 1.54) is 31.2 Å². The molecule has 0 aromatic heterocycles. The zero-order chi connectivity index (χ0) is 22.1. The lowest BCUT2D eigenvalue weighted by Gasteiger charge is -2.35. The molecule has 31 heavy (non-hydrogen) atoms. The Labute approximate surface area is 190 Å². The third-order valence-electron chi connectivity index (χ3n) is 6.38. The number of amides is 1. The van der Waals surface area contributed by atoms with Crippen LogP contribution in [0.1, 0.15) is 70.3 Å². The van der Waals surface area contributed by atoms with Gasteiger partial charge in [0, 0.05) is 11.3 Å². The topological polar surface area (TPSA) is 67.8 Å². The van der Waals surface area contributed by atoms with Gasteiger partial charge in [0.05, 0.1) is 0 Å². The van der Waals surface area contributed by atoms with Crippen LogP contribution < -0.4 is 15.0 Å². The van der Waals surface area contributed by atoms with E-state index in [0.29, 0.717) is 0 Å². The van der Waals surface area contributed by atoms with E-state index in [2.05, 4.69) is 37.3 Å². The molecule has 1 aromatic rings. The number of nitrogens with one attached hydrogen (secondary N) is 1. The lowest BCUT2D eigenvalue weighted by Crippen LogP contribution is -2.39. The van der Waals surface area contributed by atoms with Gasteiger partial charge < -0.3 is 9.47 Å². The molecule has 0 fully saturated rings. The van der Waals surface area contributed by atoms with E-state index in [-0.39, 0.29) is 17.2 Å². The summed E-state index contributed by atoms with van der Waals surface area (Å²) in [6.07, 6.45) is 19.2. The molecule has 0 radical (unpaired) electrons. The highest BCUT2D eigenvalue weighted by Crippen LogP contribution is 2.40. The number of rotatable bonds is 11. The number of hydrogen-bond acceptors (Lipinski definition) is 4. The van der Waals surface area contributed by atoms with Gasteiger partial charge in [-0.05, 0) is 68.2 Å². The number of carbonyl (C=O) groups excluding carboxylic acids is 1. The summed E-state index contributed by atoms with van der Waals surface area (Å²) in [4.78, 5) is 12.0. The SMILES string of the molecule is CC1(C/C=C/CCCCCCCc2cccc3c2OC(Cl)O3)C=CCCC1C(=O)NO. The molecule has 1 heterocycles. The Morgan fingerprint density at radius 1 is 1.23 bits per heavy atom. The first-order valence-corrected chi connectivity index (χ1v) is 11.8. The third kappa shape index (κ3) is 6.50. The number of unbranched alkanes of at least 4 members (excludes halogenated alkanes) is 5. The van der Waals surface area contributed by atoms with Crippen LogP contribution in [-0.2, 0) is 11.2 Å². The molecular formula is C25H34ClNO4. The van der Waals surface area contributed by atoms with Gasteiger partial charge in [0.25, 0.3) is 0 Å². The van der Waals surface area contributed by atoms with Crippen LogP contribution in [0.15, 0.2) is 42.5 Å². The molecule has 0 spiro atoms. The van der Waals surface area contributed by atoms with Crippen LogP contribution in [0.2, 0.25) is 0 Å². The zero-order valence-electron chi connectivity index (χ0n) is 18.3. The number of carbonyl (C=O) groups is 1. The second-order valence-corrected chi connectivity index (χ2v) is 9.11. The maximum atomic E-state index is 12.0. The average Bonchev–Trinajstić information content (AvgIpc) is 3.15. The molecule has 1 aliphatic heterocycles. The van der Waals surface area contributed by atoms with E-state index < -0.39 is 5.75 Å². The number of benzene rings is 1. The average molecular weight is 448 g/mol. The molecular weight excluding hydrogens is 414 g/mol. The number of halogens is 1. The minimum atomic E-state index is -0.710. The van der Waals surface area contributed by atoms with E-state index in [1.54, 1.807) is 0 Å². The molecule has 0 saturated heterocycles. The highest BCUT2D eigenvalue weighted by atomic mass is 35.5. The fraction of sp³-hybridized carbons (Fsp3) is 0.560. The summed E-state index contributed by atoms with van der Waals surface area (Å²) < 4.78 is 11.0. The molecule has 5 nitrogen and oxygen atoms in total. The molecule has 6 heteroatoms. The van der Waals surface area contributed by atoms with Crippen molar-refractivity contribution in [1.82, 2.24) is 5.48 Å². The molecule has 0 bridgehead atoms. The summed E-state index contributed by atoms with van der Waals surface area (Å²) in [6, 6.07) is 5.96. The lowest BCUT2D eigenvalue weighted by atomic mass is 9.69. The Hall–Kier alpha value is -1.98. The summed E-state index contributed by atoms with van der Waals surface area (Å²) in [5, 5.41) is 9.01. The normalized spacial score (nSPS) is 24.6. The third-order valence-corrected chi connectivity index (χ3v) is 6.55. The van der Waals surface area contributed by atoms with Gasteiger partial charge in [-0.2, -0.15) is 0 Å². The minimum absolute atomic E-state index is 0.176. The number of ether oxygens (including phenoxy) is 2. The van der Waals surface area contributed by atoms with Gasteiger partial charge in [0.1, 0.15) is 0 Å². The highest BCUT2D eigenvalue weighted by molar-refractivity contribution is 6.19. The van der Waals surface area contributed by atoms with Gasteiger partial charge >= 0.3 is 5.75 Å². The van der Waals surface area contributed by atoms with Crippen molar-refractivity contribution in [2.75, 3.05) is 0 Å².